The van der Waals surface area contributed by atoms with Gasteiger partial charge in [-0.25, -0.2) is 4.79 Å². The van der Waals surface area contributed by atoms with Gasteiger partial charge in [-0.05, 0) is 6.42 Å². The number of carbonyl (C=O) groups is 1. The number of carbonyl (C=O) groups excluding carboxylic acids is 1. The summed E-state index contributed by atoms with van der Waals surface area (Å²) in [5.41, 5.74) is 5.19. The van der Waals surface area contributed by atoms with Crippen molar-refractivity contribution in [2.45, 2.75) is 52.9 Å². The molecule has 0 saturated heterocycles. The fourth-order valence-corrected chi connectivity index (χ4v) is 0.995. The van der Waals surface area contributed by atoms with Gasteiger partial charge in [0.1, 0.15) is 6.61 Å². The number of unbranched alkanes of at least 4 members (excludes halogenated alkanes) is 3. The number of hydrogen-bond donors (Lipinski definition) is 1. The van der Waals surface area contributed by atoms with Crippen LogP contribution in [0.4, 0.5) is 0 Å². The van der Waals surface area contributed by atoms with Crippen LogP contribution < -0.4 is 5.73 Å². The van der Waals surface area contributed by atoms with Crippen molar-refractivity contribution in [2.24, 2.45) is 5.73 Å². The van der Waals surface area contributed by atoms with Gasteiger partial charge in [0, 0.05) is 6.54 Å². The molecular weight excluding hydrogens is 218 g/mol. The normalized spacial score (nSPS) is 9.41. The lowest BCUT2D eigenvalue weighted by Gasteiger charge is -2.04. The minimum atomic E-state index is -0.296. The Morgan fingerprint density at radius 3 is 2.24 bits per heavy atom. The first kappa shape index (κ1) is 18.7. The summed E-state index contributed by atoms with van der Waals surface area (Å²) in [7, 11) is 0. The third-order valence-electron chi connectivity index (χ3n) is 1.74. The van der Waals surface area contributed by atoms with Crippen LogP contribution in [-0.4, -0.2) is 32.3 Å². The van der Waals surface area contributed by atoms with E-state index in [-0.39, 0.29) is 12.6 Å². The predicted octanol–water partition coefficient (Wildman–Crippen LogP) is 2.50. The molecule has 17 heavy (non-hydrogen) atoms. The molecule has 0 rings (SSSR count). The molecule has 0 atom stereocenters. The van der Waals surface area contributed by atoms with Gasteiger partial charge in [-0.3, -0.25) is 0 Å². The molecule has 0 amide bonds. The van der Waals surface area contributed by atoms with E-state index in [1.807, 2.05) is 0 Å². The number of rotatable bonds is 9. The summed E-state index contributed by atoms with van der Waals surface area (Å²) in [6, 6.07) is 0. The summed E-state index contributed by atoms with van der Waals surface area (Å²) in [4.78, 5) is 11.0. The lowest BCUT2D eigenvalue weighted by atomic mass is 10.2. The molecule has 0 saturated carbocycles. The van der Waals surface area contributed by atoms with Gasteiger partial charge >= 0.3 is 5.97 Å². The van der Waals surface area contributed by atoms with Crippen LogP contribution in [-0.2, 0) is 14.3 Å². The molecule has 0 aliphatic carbocycles. The minimum absolute atomic E-state index is 0.0188. The second-order valence-corrected chi connectivity index (χ2v) is 3.83. The molecule has 0 fully saturated rings. The first-order chi connectivity index (χ1) is 8.22. The highest BCUT2D eigenvalue weighted by Gasteiger charge is 2.01. The predicted molar refractivity (Wildman–Crippen MR) is 70.9 cm³/mol. The zero-order valence-corrected chi connectivity index (χ0v) is 11.7. The van der Waals surface area contributed by atoms with E-state index in [9.17, 15) is 4.79 Å². The molecule has 0 bridgehead atoms. The lowest BCUT2D eigenvalue weighted by molar-refractivity contribution is -0.148. The second kappa shape index (κ2) is 17.8. The Kier molecular flexibility index (Phi) is 19.6. The first-order valence-corrected chi connectivity index (χ1v) is 6.66. The molecule has 104 valence electrons. The number of hydrogen-bond acceptors (Lipinski definition) is 4. The average molecular weight is 247 g/mol. The molecule has 0 aromatic heterocycles. The van der Waals surface area contributed by atoms with Crippen LogP contribution in [0.1, 0.15) is 52.9 Å². The fourth-order valence-electron chi connectivity index (χ4n) is 0.995. The molecule has 0 aromatic rings. The van der Waals surface area contributed by atoms with Crippen LogP contribution in [0.25, 0.3) is 0 Å². The summed E-state index contributed by atoms with van der Waals surface area (Å²) in [6.07, 6.45) is 5.69. The smallest absolute Gasteiger partial charge is 0.332 e. The van der Waals surface area contributed by atoms with E-state index in [2.05, 4.69) is 20.8 Å². The molecule has 4 heteroatoms. The van der Waals surface area contributed by atoms with Gasteiger partial charge in [0.15, 0.2) is 0 Å². The van der Waals surface area contributed by atoms with Crippen molar-refractivity contribution < 1.29 is 14.3 Å². The summed E-state index contributed by atoms with van der Waals surface area (Å²) < 4.78 is 9.85. The standard InChI is InChI=1S/C10H21NO3.C3H8/c1-2-3-4-5-7-14-10(12)9-13-8-6-11;1-3-2/h2-9,11H2,1H3;3H2,1-2H3. The van der Waals surface area contributed by atoms with Crippen LogP contribution in [0.3, 0.4) is 0 Å². The van der Waals surface area contributed by atoms with Crippen molar-refractivity contribution in [2.75, 3.05) is 26.4 Å². The number of esters is 1. The number of ether oxygens (including phenoxy) is 2. The third kappa shape index (κ3) is 21.3. The maximum atomic E-state index is 11.0. The fraction of sp³-hybridized carbons (Fsp3) is 0.923. The quantitative estimate of drug-likeness (QED) is 0.502. The zero-order valence-electron chi connectivity index (χ0n) is 11.7. The van der Waals surface area contributed by atoms with Crippen molar-refractivity contribution in [1.29, 1.82) is 0 Å². The highest BCUT2D eigenvalue weighted by Crippen LogP contribution is 1.98. The highest BCUT2D eigenvalue weighted by molar-refractivity contribution is 5.70. The van der Waals surface area contributed by atoms with E-state index in [1.54, 1.807) is 0 Å². The van der Waals surface area contributed by atoms with E-state index in [0.717, 1.165) is 12.8 Å². The molecule has 0 radical (unpaired) electrons. The van der Waals surface area contributed by atoms with Gasteiger partial charge in [-0.15, -0.1) is 0 Å². The van der Waals surface area contributed by atoms with Gasteiger partial charge in [0.05, 0.1) is 13.2 Å². The zero-order chi connectivity index (χ0) is 13.4. The molecular formula is C13H29NO3. The Balaban J connectivity index is 0. The Morgan fingerprint density at radius 2 is 1.71 bits per heavy atom. The summed E-state index contributed by atoms with van der Waals surface area (Å²) >= 11 is 0. The topological polar surface area (TPSA) is 61.5 Å². The van der Waals surface area contributed by atoms with Crippen molar-refractivity contribution >= 4 is 5.97 Å². The van der Waals surface area contributed by atoms with Gasteiger partial charge in [0.2, 0.25) is 0 Å². The molecule has 0 heterocycles. The average Bonchev–Trinajstić information content (AvgIpc) is 2.30. The lowest BCUT2D eigenvalue weighted by Crippen LogP contribution is -2.17. The Hall–Kier alpha value is -0.610. The van der Waals surface area contributed by atoms with Crippen LogP contribution in [0.15, 0.2) is 0 Å². The van der Waals surface area contributed by atoms with Crippen molar-refractivity contribution in [3.63, 3.8) is 0 Å². The molecule has 0 aliphatic rings. The summed E-state index contributed by atoms with van der Waals surface area (Å²) in [6.45, 7) is 7.76. The summed E-state index contributed by atoms with van der Waals surface area (Å²) in [5.74, 6) is -0.296. The van der Waals surface area contributed by atoms with E-state index >= 15 is 0 Å². The van der Waals surface area contributed by atoms with Gasteiger partial charge in [-0.1, -0.05) is 46.5 Å². The Bertz CT molecular complexity index is 152. The van der Waals surface area contributed by atoms with Crippen LogP contribution >= 0.6 is 0 Å². The highest BCUT2D eigenvalue weighted by atomic mass is 16.6. The van der Waals surface area contributed by atoms with Crippen LogP contribution in [0.2, 0.25) is 0 Å². The van der Waals surface area contributed by atoms with E-state index in [0.29, 0.717) is 19.8 Å². The van der Waals surface area contributed by atoms with Crippen molar-refractivity contribution in [3.05, 3.63) is 0 Å². The van der Waals surface area contributed by atoms with Crippen LogP contribution in [0, 0.1) is 0 Å². The largest absolute Gasteiger partial charge is 0.464 e. The minimum Gasteiger partial charge on any atom is -0.464 e. The first-order valence-electron chi connectivity index (χ1n) is 6.66. The number of nitrogens with two attached hydrogens (primary N) is 1. The molecule has 0 unspecified atom stereocenters. The maximum Gasteiger partial charge on any atom is 0.332 e. The Morgan fingerprint density at radius 1 is 1.06 bits per heavy atom. The molecule has 4 nitrogen and oxygen atoms in total. The SMILES string of the molecule is CCC.CCCCCCOC(=O)COCCN. The molecule has 0 aromatic carbocycles. The molecule has 0 spiro atoms. The molecule has 2 N–H and O–H groups in total. The second-order valence-electron chi connectivity index (χ2n) is 3.83. The monoisotopic (exact) mass is 247 g/mol. The Labute approximate surface area is 106 Å². The van der Waals surface area contributed by atoms with E-state index < -0.39 is 0 Å². The maximum absolute atomic E-state index is 11.0. The van der Waals surface area contributed by atoms with E-state index in [1.165, 1.54) is 19.3 Å². The third-order valence-corrected chi connectivity index (χ3v) is 1.74. The van der Waals surface area contributed by atoms with E-state index in [4.69, 9.17) is 15.2 Å². The van der Waals surface area contributed by atoms with Crippen molar-refractivity contribution in [1.82, 2.24) is 0 Å². The van der Waals surface area contributed by atoms with Gasteiger partial charge in [-0.2, -0.15) is 0 Å². The summed E-state index contributed by atoms with van der Waals surface area (Å²) in [5, 5.41) is 0. The van der Waals surface area contributed by atoms with Crippen molar-refractivity contribution in [3.8, 4) is 0 Å². The van der Waals surface area contributed by atoms with Crippen LogP contribution in [0.5, 0.6) is 0 Å². The van der Waals surface area contributed by atoms with Gasteiger partial charge in [0.25, 0.3) is 0 Å². The molecule has 0 aliphatic heterocycles. The van der Waals surface area contributed by atoms with Gasteiger partial charge < -0.3 is 15.2 Å².